The Balaban J connectivity index is 0.000000359. The van der Waals surface area contributed by atoms with Crippen molar-refractivity contribution in [2.45, 2.75) is 214 Å². The molecule has 0 heterocycles. The van der Waals surface area contributed by atoms with E-state index in [9.17, 15) is 28.8 Å². The van der Waals surface area contributed by atoms with Crippen molar-refractivity contribution in [3.63, 3.8) is 0 Å². The van der Waals surface area contributed by atoms with Crippen LogP contribution in [0.25, 0.3) is 0 Å². The van der Waals surface area contributed by atoms with Crippen LogP contribution in [0.2, 0.25) is 20.1 Å². The summed E-state index contributed by atoms with van der Waals surface area (Å²) >= 11 is 24.9. The van der Waals surface area contributed by atoms with Gasteiger partial charge in [-0.05, 0) is 252 Å². The van der Waals surface area contributed by atoms with E-state index in [1.165, 1.54) is 0 Å². The largest absolute Gasteiger partial charge is 0.462 e. The third-order valence-electron chi connectivity index (χ3n) is 18.7. The Morgan fingerprint density at radius 2 is 0.522 bits per heavy atom. The zero-order chi connectivity index (χ0) is 86.8. The van der Waals surface area contributed by atoms with Gasteiger partial charge in [0, 0.05) is 52.2 Å². The first kappa shape index (κ1) is 99.4. The molecule has 16 heteroatoms. The van der Waals surface area contributed by atoms with E-state index in [4.69, 9.17) is 74.8 Å². The van der Waals surface area contributed by atoms with E-state index in [-0.39, 0.29) is 66.3 Å². The Labute approximate surface area is 705 Å². The van der Waals surface area contributed by atoms with E-state index in [0.717, 1.165) is 111 Å². The van der Waals surface area contributed by atoms with Gasteiger partial charge >= 0.3 is 35.8 Å². The molecule has 0 spiro atoms. The lowest BCUT2D eigenvalue weighted by Gasteiger charge is -2.19. The van der Waals surface area contributed by atoms with Gasteiger partial charge in [0.25, 0.3) is 0 Å². The van der Waals surface area contributed by atoms with Gasteiger partial charge in [0.15, 0.2) is 0 Å². The van der Waals surface area contributed by atoms with Gasteiger partial charge in [-0.2, -0.15) is 0 Å². The minimum Gasteiger partial charge on any atom is -0.462 e. The number of rotatable bonds is 26. The van der Waals surface area contributed by atoms with Gasteiger partial charge < -0.3 is 28.4 Å². The molecule has 0 unspecified atom stereocenters. The molecule has 12 nitrogen and oxygen atoms in total. The van der Waals surface area contributed by atoms with Crippen LogP contribution in [-0.2, 0) is 28.4 Å². The average molecular weight is 1640 g/mol. The molecule has 0 amide bonds. The third kappa shape index (κ3) is 30.1. The Morgan fingerprint density at radius 1 is 0.296 bits per heavy atom. The van der Waals surface area contributed by atoms with Gasteiger partial charge in [-0.3, -0.25) is 0 Å². The maximum atomic E-state index is 12.7. The molecular formula is C99H118Cl4O12. The third-order valence-corrected chi connectivity index (χ3v) is 21.0. The van der Waals surface area contributed by atoms with Crippen LogP contribution in [-0.4, -0.2) is 60.7 Å². The maximum absolute atomic E-state index is 12.7. The van der Waals surface area contributed by atoms with Crippen LogP contribution in [0, 0.1) is 125 Å². The van der Waals surface area contributed by atoms with Crippen LogP contribution >= 0.6 is 46.4 Å². The number of esters is 6. The fourth-order valence-electron chi connectivity index (χ4n) is 13.3. The molecule has 0 saturated carbocycles. The van der Waals surface area contributed by atoms with Gasteiger partial charge in [-0.1, -0.05) is 203 Å². The summed E-state index contributed by atoms with van der Waals surface area (Å²) in [6, 6.07) is 35.0. The molecular weight excluding hydrogens is 1520 g/mol. The maximum Gasteiger partial charge on any atom is 0.339 e. The molecule has 0 aliphatic carbocycles. The van der Waals surface area contributed by atoms with Crippen molar-refractivity contribution in [2.75, 3.05) is 6.61 Å². The van der Waals surface area contributed by atoms with Gasteiger partial charge in [-0.25, -0.2) is 28.8 Å². The molecule has 115 heavy (non-hydrogen) atoms. The summed E-state index contributed by atoms with van der Waals surface area (Å²) in [4.78, 5) is 73.5. The predicted octanol–water partition coefficient (Wildman–Crippen LogP) is 27.3. The number of benzene rings is 8. The molecule has 8 aromatic carbocycles. The van der Waals surface area contributed by atoms with Crippen molar-refractivity contribution in [1.82, 2.24) is 0 Å². The zero-order valence-corrected chi connectivity index (χ0v) is 74.4. The summed E-state index contributed by atoms with van der Waals surface area (Å²) in [5, 5.41) is 2.48. The minimum absolute atomic E-state index is 0.125. The summed E-state index contributed by atoms with van der Waals surface area (Å²) in [7, 11) is 0. The van der Waals surface area contributed by atoms with Crippen molar-refractivity contribution in [1.29, 1.82) is 0 Å². The number of carbonyl (C=O) groups excluding carboxylic acids is 6. The number of carbonyl (C=O) groups is 6. The van der Waals surface area contributed by atoms with Crippen molar-refractivity contribution in [2.24, 2.45) is 0 Å². The van der Waals surface area contributed by atoms with Gasteiger partial charge in [0.1, 0.15) is 30.5 Å². The monoisotopic (exact) mass is 1640 g/mol. The summed E-state index contributed by atoms with van der Waals surface area (Å²) < 4.78 is 32.8. The van der Waals surface area contributed by atoms with Crippen molar-refractivity contribution in [3.05, 3.63) is 350 Å². The summed E-state index contributed by atoms with van der Waals surface area (Å²) in [5.41, 5.74) is 22.2. The first-order chi connectivity index (χ1) is 54.2. The molecule has 0 aromatic heterocycles. The second-order valence-electron chi connectivity index (χ2n) is 28.9. The molecule has 0 bridgehead atoms. The Hall–Kier alpha value is -9.82. The highest BCUT2D eigenvalue weighted by Gasteiger charge is 2.26. The lowest BCUT2D eigenvalue weighted by Crippen LogP contribution is -2.16. The molecule has 0 aliphatic heterocycles. The van der Waals surface area contributed by atoms with E-state index in [1.54, 1.807) is 36.5 Å². The van der Waals surface area contributed by atoms with Crippen LogP contribution in [0.5, 0.6) is 0 Å². The van der Waals surface area contributed by atoms with Crippen molar-refractivity contribution in [3.8, 4) is 0 Å². The van der Waals surface area contributed by atoms with Crippen LogP contribution < -0.4 is 0 Å². The normalized spacial score (nSPS) is 11.7. The molecule has 0 N–H and O–H groups in total. The number of ether oxygens (including phenoxy) is 6. The van der Waals surface area contributed by atoms with E-state index in [2.05, 4.69) is 39.5 Å². The highest BCUT2D eigenvalue weighted by molar-refractivity contribution is 6.34. The Bertz CT molecular complexity index is 4500. The molecule has 0 saturated heterocycles. The predicted molar refractivity (Wildman–Crippen MR) is 477 cm³/mol. The minimum atomic E-state index is -0.349. The smallest absolute Gasteiger partial charge is 0.339 e. The quantitative estimate of drug-likeness (QED) is 0.0219. The van der Waals surface area contributed by atoms with E-state index < -0.39 is 0 Å². The average Bonchev–Trinajstić information content (AvgIpc) is 0.820. The van der Waals surface area contributed by atoms with Crippen LogP contribution in [0.1, 0.15) is 245 Å². The van der Waals surface area contributed by atoms with Gasteiger partial charge in [-0.15, -0.1) is 39.5 Å². The van der Waals surface area contributed by atoms with Crippen LogP contribution in [0.15, 0.2) is 185 Å². The Morgan fingerprint density at radius 3 is 0.765 bits per heavy atom. The lowest BCUT2D eigenvalue weighted by atomic mass is 9.99. The number of hydrogen-bond acceptors (Lipinski definition) is 12. The number of halogens is 4. The molecule has 0 fully saturated rings. The summed E-state index contributed by atoms with van der Waals surface area (Å²) in [6.07, 6.45) is 13.1. The molecule has 0 radical (unpaired) electrons. The second-order valence-corrected chi connectivity index (χ2v) is 30.4. The summed E-state index contributed by atoms with van der Waals surface area (Å²) in [6.45, 7) is 62.4. The van der Waals surface area contributed by atoms with Gasteiger partial charge in [0.05, 0.1) is 40.0 Å². The second kappa shape index (κ2) is 49.2. The van der Waals surface area contributed by atoms with Crippen molar-refractivity contribution >= 4 is 82.2 Å². The molecule has 8 aromatic rings. The highest BCUT2D eigenvalue weighted by Crippen LogP contribution is 2.34. The van der Waals surface area contributed by atoms with E-state index in [1.807, 2.05) is 255 Å². The molecule has 0 aliphatic rings. The highest BCUT2D eigenvalue weighted by atomic mass is 35.5. The first-order valence-corrected chi connectivity index (χ1v) is 39.9. The van der Waals surface area contributed by atoms with Gasteiger partial charge in [0.2, 0.25) is 0 Å². The Kier molecular flexibility index (Phi) is 42.5. The SMILES string of the molecule is C=CCCOC(=O)c1c(C)cc(C)cc1C.C=CC[C@@H](C)OC(=O)c1c(C)cc(C)c(Cl)c1C.C=CC[C@@H](OC(=O)c1c(C)cc(C)c(Cl)c1C)c1ccccc1.C=CC[C@H](C)OC(=O)c1c(C)cc(C)c(Cl)c1C.C=CC[C@H](C)OC(=O)c1c(C)cc(C)cc1C.C=CC[C@H](OC(=O)c1c(C)cc(C)c(Cl)c1C)c1ccccc1. The van der Waals surface area contributed by atoms with Crippen LogP contribution in [0.4, 0.5) is 0 Å². The number of hydrogen-bond donors (Lipinski definition) is 0. The number of aryl methyl sites for hydroxylation is 14. The molecule has 5 atom stereocenters. The fourth-order valence-corrected chi connectivity index (χ4v) is 13.9. The van der Waals surface area contributed by atoms with Crippen LogP contribution in [0.3, 0.4) is 0 Å². The summed E-state index contributed by atoms with van der Waals surface area (Å²) in [5.74, 6) is -1.82. The van der Waals surface area contributed by atoms with E-state index >= 15 is 0 Å². The first-order valence-electron chi connectivity index (χ1n) is 38.4. The van der Waals surface area contributed by atoms with Crippen molar-refractivity contribution < 1.29 is 57.2 Å². The van der Waals surface area contributed by atoms with E-state index in [0.29, 0.717) is 98.6 Å². The lowest BCUT2D eigenvalue weighted by molar-refractivity contribution is 0.0292. The standard InChI is InChI=1S/2C20H21ClO2.2C15H19ClO2.C15H20O2.C14H18O2/c2*1-5-9-17(16-10-7-6-8-11-16)23-20(22)18-13(2)12-14(3)19(21)15(18)4;2*1-6-7-11(4)18-15(17)13-9(2)8-10(3)14(16)12(13)5;1-6-7-13(5)17-15(16)14-11(3)8-10(2)9-12(14)4;1-5-6-7-16-14(15)13-11(3)8-10(2)9-12(13)4/h2*5-8,10-12,17H,1,9H2,2-4H3;2*6,8,11H,1,7H2,2-5H3;6,8-9,13H,1,7H2,2-5H3;5,8-9H,1,6-7H2,2-4H3/t2*17-;2*11-;13-;/m10100./s1. The zero-order valence-electron chi connectivity index (χ0n) is 71.3. The topological polar surface area (TPSA) is 158 Å². The molecule has 8 rings (SSSR count). The fraction of sp³-hybridized carbons (Fsp3) is 0.333. The molecule has 614 valence electrons.